The van der Waals surface area contributed by atoms with Crippen LogP contribution in [0, 0.1) is 0 Å². The molecule has 4 heteroatoms. The highest BCUT2D eigenvalue weighted by molar-refractivity contribution is 5.81. The van der Waals surface area contributed by atoms with Crippen molar-refractivity contribution >= 4 is 5.91 Å². The van der Waals surface area contributed by atoms with E-state index in [2.05, 4.69) is 24.1 Å². The van der Waals surface area contributed by atoms with Crippen LogP contribution in [0.15, 0.2) is 0 Å². The van der Waals surface area contributed by atoms with Crippen LogP contribution in [0.25, 0.3) is 0 Å². The summed E-state index contributed by atoms with van der Waals surface area (Å²) in [5, 5.41) is 3.08. The van der Waals surface area contributed by atoms with Crippen LogP contribution >= 0.6 is 0 Å². The summed E-state index contributed by atoms with van der Waals surface area (Å²) < 4.78 is 0. The molecule has 1 amide bonds. The smallest absolute Gasteiger partial charge is 0.237 e. The fourth-order valence-electron chi connectivity index (χ4n) is 3.76. The molecule has 2 heterocycles. The number of hydrogen-bond donors (Lipinski definition) is 2. The van der Waals surface area contributed by atoms with Crippen LogP contribution in [0.5, 0.6) is 0 Å². The molecule has 3 unspecified atom stereocenters. The average Bonchev–Trinajstić information content (AvgIpc) is 2.65. The summed E-state index contributed by atoms with van der Waals surface area (Å²) >= 11 is 0. The van der Waals surface area contributed by atoms with E-state index in [1.54, 1.807) is 0 Å². The van der Waals surface area contributed by atoms with E-state index in [0.717, 1.165) is 25.8 Å². The Hall–Kier alpha value is -0.610. The molecule has 0 aromatic heterocycles. The number of nitrogens with two attached hydrogens (primary N) is 1. The van der Waals surface area contributed by atoms with Crippen LogP contribution in [-0.4, -0.2) is 41.5 Å². The number of fused-ring (bicyclic) bond motifs is 2. The summed E-state index contributed by atoms with van der Waals surface area (Å²) in [5.74, 6) is 0.198. The molecule has 0 aliphatic carbocycles. The second-order valence-corrected chi connectivity index (χ2v) is 6.24. The molecule has 2 aliphatic heterocycles. The molecule has 2 rings (SSSR count). The molecule has 0 radical (unpaired) electrons. The Balaban J connectivity index is 1.82. The van der Waals surface area contributed by atoms with Gasteiger partial charge < -0.3 is 11.1 Å². The topological polar surface area (TPSA) is 58.4 Å². The number of hydrogen-bond acceptors (Lipinski definition) is 3. The lowest BCUT2D eigenvalue weighted by Crippen LogP contribution is -2.55. The minimum absolute atomic E-state index is 0.00614. The van der Waals surface area contributed by atoms with E-state index in [1.165, 1.54) is 25.7 Å². The summed E-state index contributed by atoms with van der Waals surface area (Å²) in [5.41, 5.74) is 6.08. The first-order valence-corrected chi connectivity index (χ1v) is 7.94. The minimum Gasteiger partial charge on any atom is -0.355 e. The maximum Gasteiger partial charge on any atom is 0.237 e. The monoisotopic (exact) mass is 267 g/mol. The molecular weight excluding hydrogens is 238 g/mol. The van der Waals surface area contributed by atoms with Gasteiger partial charge in [-0.1, -0.05) is 19.8 Å². The van der Waals surface area contributed by atoms with Gasteiger partial charge >= 0.3 is 0 Å². The maximum absolute atomic E-state index is 12.2. The largest absolute Gasteiger partial charge is 0.355 e. The molecule has 4 nitrogen and oxygen atoms in total. The van der Waals surface area contributed by atoms with Gasteiger partial charge in [-0.15, -0.1) is 0 Å². The molecule has 2 fully saturated rings. The van der Waals surface area contributed by atoms with Crippen LogP contribution in [0.3, 0.4) is 0 Å². The number of carbonyl (C=O) groups excluding carboxylic acids is 1. The zero-order valence-corrected chi connectivity index (χ0v) is 12.4. The molecule has 2 saturated heterocycles. The number of piperidine rings is 1. The fraction of sp³-hybridized carbons (Fsp3) is 0.933. The zero-order valence-electron chi connectivity index (χ0n) is 12.4. The van der Waals surface area contributed by atoms with E-state index in [4.69, 9.17) is 5.73 Å². The van der Waals surface area contributed by atoms with Gasteiger partial charge in [-0.25, -0.2) is 0 Å². The average molecular weight is 267 g/mol. The molecule has 110 valence electrons. The second kappa shape index (κ2) is 6.71. The number of rotatable bonds is 6. The molecule has 0 saturated carbocycles. The first-order valence-electron chi connectivity index (χ1n) is 7.94. The Morgan fingerprint density at radius 1 is 1.32 bits per heavy atom. The van der Waals surface area contributed by atoms with Crippen molar-refractivity contribution in [2.75, 3.05) is 6.54 Å². The predicted molar refractivity (Wildman–Crippen MR) is 77.9 cm³/mol. The van der Waals surface area contributed by atoms with E-state index >= 15 is 0 Å². The van der Waals surface area contributed by atoms with Crippen molar-refractivity contribution in [1.29, 1.82) is 0 Å². The Morgan fingerprint density at radius 2 is 1.95 bits per heavy atom. The number of nitrogens with one attached hydrogen (secondary N) is 1. The molecule has 0 aromatic rings. The second-order valence-electron chi connectivity index (χ2n) is 6.24. The van der Waals surface area contributed by atoms with E-state index in [9.17, 15) is 4.79 Å². The van der Waals surface area contributed by atoms with E-state index < -0.39 is 0 Å². The Kier molecular flexibility index (Phi) is 5.22. The first-order chi connectivity index (χ1) is 9.13. The van der Waals surface area contributed by atoms with Crippen LogP contribution in [-0.2, 0) is 4.79 Å². The van der Waals surface area contributed by atoms with Gasteiger partial charge in [0.2, 0.25) is 5.91 Å². The molecule has 0 spiro atoms. The summed E-state index contributed by atoms with van der Waals surface area (Å²) in [6.07, 6.45) is 8.02. The first kappa shape index (κ1) is 14.8. The van der Waals surface area contributed by atoms with Crippen molar-refractivity contribution in [3.63, 3.8) is 0 Å². The van der Waals surface area contributed by atoms with Crippen LogP contribution in [0.4, 0.5) is 0 Å². The van der Waals surface area contributed by atoms with Gasteiger partial charge in [0, 0.05) is 24.7 Å². The minimum atomic E-state index is 0.00614. The van der Waals surface area contributed by atoms with Crippen LogP contribution < -0.4 is 11.1 Å². The molecule has 3 atom stereocenters. The quantitative estimate of drug-likeness (QED) is 0.719. The summed E-state index contributed by atoms with van der Waals surface area (Å²) in [6.45, 7) is 5.05. The molecule has 2 bridgehead atoms. The Labute approximate surface area is 117 Å². The highest BCUT2D eigenvalue weighted by atomic mass is 16.2. The lowest BCUT2D eigenvalue weighted by atomic mass is 9.96. The Bertz CT molecular complexity index is 294. The van der Waals surface area contributed by atoms with Gasteiger partial charge in [-0.05, 0) is 39.0 Å². The lowest BCUT2D eigenvalue weighted by molar-refractivity contribution is -0.127. The number of unbranched alkanes of at least 4 members (excludes halogenated alkanes) is 2. The normalized spacial score (nSPS) is 32.3. The number of amides is 1. The molecule has 19 heavy (non-hydrogen) atoms. The van der Waals surface area contributed by atoms with Crippen molar-refractivity contribution in [2.24, 2.45) is 5.73 Å². The number of carbonyl (C=O) groups is 1. The van der Waals surface area contributed by atoms with Crippen molar-refractivity contribution in [1.82, 2.24) is 10.2 Å². The van der Waals surface area contributed by atoms with E-state index in [-0.39, 0.29) is 11.9 Å². The van der Waals surface area contributed by atoms with Gasteiger partial charge in [0.05, 0.1) is 6.04 Å². The molecule has 3 N–H and O–H groups in total. The van der Waals surface area contributed by atoms with Crippen molar-refractivity contribution < 1.29 is 4.79 Å². The van der Waals surface area contributed by atoms with E-state index in [0.29, 0.717) is 18.1 Å². The molecule has 2 aliphatic rings. The van der Waals surface area contributed by atoms with Crippen molar-refractivity contribution in [2.45, 2.75) is 83.0 Å². The fourth-order valence-corrected chi connectivity index (χ4v) is 3.76. The van der Waals surface area contributed by atoms with E-state index in [1.807, 2.05) is 0 Å². The lowest BCUT2D eigenvalue weighted by Gasteiger charge is -2.40. The number of nitrogens with zero attached hydrogens (tertiary/aromatic N) is 1. The molecule has 0 aromatic carbocycles. The zero-order chi connectivity index (χ0) is 13.8. The van der Waals surface area contributed by atoms with Gasteiger partial charge in [0.25, 0.3) is 0 Å². The summed E-state index contributed by atoms with van der Waals surface area (Å²) in [4.78, 5) is 14.7. The van der Waals surface area contributed by atoms with Crippen molar-refractivity contribution in [3.05, 3.63) is 0 Å². The van der Waals surface area contributed by atoms with Gasteiger partial charge in [-0.3, -0.25) is 9.69 Å². The van der Waals surface area contributed by atoms with Crippen LogP contribution in [0.1, 0.15) is 58.8 Å². The summed E-state index contributed by atoms with van der Waals surface area (Å²) in [6, 6.07) is 1.41. The van der Waals surface area contributed by atoms with Crippen molar-refractivity contribution in [3.8, 4) is 0 Å². The summed E-state index contributed by atoms with van der Waals surface area (Å²) in [7, 11) is 0. The van der Waals surface area contributed by atoms with Crippen LogP contribution in [0.2, 0.25) is 0 Å². The third kappa shape index (κ3) is 3.48. The Morgan fingerprint density at radius 3 is 2.53 bits per heavy atom. The third-order valence-electron chi connectivity index (χ3n) is 4.73. The van der Waals surface area contributed by atoms with Gasteiger partial charge in [0.1, 0.15) is 0 Å². The van der Waals surface area contributed by atoms with Gasteiger partial charge in [0.15, 0.2) is 0 Å². The third-order valence-corrected chi connectivity index (χ3v) is 4.73. The molecular formula is C15H29N3O. The maximum atomic E-state index is 12.2. The standard InChI is InChI=1S/C15H29N3O/c1-3-4-5-8-17-15(19)11(2)18-13-6-7-14(18)10-12(16)9-13/h11-14H,3-10,16H2,1-2H3,(H,17,19). The van der Waals surface area contributed by atoms with Gasteiger partial charge in [-0.2, -0.15) is 0 Å². The SMILES string of the molecule is CCCCCNC(=O)C(C)N1C2CCC1CC(N)C2. The predicted octanol–water partition coefficient (Wildman–Crippen LogP) is 1.64. The highest BCUT2D eigenvalue weighted by Gasteiger charge is 2.43. The highest BCUT2D eigenvalue weighted by Crippen LogP contribution is 2.36.